The maximum Gasteiger partial charge on any atom is 0.148 e. The molecular weight excluding hydrogens is 195 g/mol. The Bertz CT molecular complexity index is 440. The van der Waals surface area contributed by atoms with Crippen LogP contribution in [0, 0.1) is 5.82 Å². The van der Waals surface area contributed by atoms with Gasteiger partial charge in [-0.2, -0.15) is 0 Å². The van der Waals surface area contributed by atoms with Crippen molar-refractivity contribution in [3.63, 3.8) is 0 Å². The first-order chi connectivity index (χ1) is 7.27. The summed E-state index contributed by atoms with van der Waals surface area (Å²) in [4.78, 5) is 0. The van der Waals surface area contributed by atoms with Crippen molar-refractivity contribution >= 4 is 11.4 Å². The summed E-state index contributed by atoms with van der Waals surface area (Å²) in [5.41, 5.74) is 6.26. The molecule has 0 bridgehead atoms. The average Bonchev–Trinajstić information content (AvgIpc) is 2.73. The second-order valence-corrected chi connectivity index (χ2v) is 3.13. The van der Waals surface area contributed by atoms with E-state index in [1.165, 1.54) is 6.07 Å². The van der Waals surface area contributed by atoms with E-state index in [1.54, 1.807) is 24.5 Å². The van der Waals surface area contributed by atoms with Crippen LogP contribution in [-0.2, 0) is 6.54 Å². The number of benzene rings is 1. The topological polar surface area (TPSA) is 51.2 Å². The van der Waals surface area contributed by atoms with E-state index in [2.05, 4.69) is 5.32 Å². The van der Waals surface area contributed by atoms with Gasteiger partial charge in [0, 0.05) is 0 Å². The lowest BCUT2D eigenvalue weighted by molar-refractivity contribution is 0.518. The Morgan fingerprint density at radius 3 is 2.87 bits per heavy atom. The minimum Gasteiger partial charge on any atom is -0.467 e. The molecule has 1 heterocycles. The fourth-order valence-corrected chi connectivity index (χ4v) is 1.29. The normalized spacial score (nSPS) is 10.2. The zero-order valence-corrected chi connectivity index (χ0v) is 8.03. The van der Waals surface area contributed by atoms with E-state index in [4.69, 9.17) is 10.2 Å². The largest absolute Gasteiger partial charge is 0.467 e. The molecule has 0 aliphatic rings. The molecule has 2 rings (SSSR count). The molecule has 2 aromatic rings. The van der Waals surface area contributed by atoms with Gasteiger partial charge < -0.3 is 15.5 Å². The summed E-state index contributed by atoms with van der Waals surface area (Å²) in [6, 6.07) is 8.29. The first-order valence-corrected chi connectivity index (χ1v) is 4.57. The Labute approximate surface area is 86.7 Å². The van der Waals surface area contributed by atoms with E-state index in [0.29, 0.717) is 12.2 Å². The number of hydrogen-bond acceptors (Lipinski definition) is 3. The molecule has 1 aromatic carbocycles. The molecule has 1 aromatic heterocycles. The predicted molar refractivity (Wildman–Crippen MR) is 56.8 cm³/mol. The highest BCUT2D eigenvalue weighted by molar-refractivity contribution is 5.66. The van der Waals surface area contributed by atoms with Crippen molar-refractivity contribution in [1.29, 1.82) is 0 Å². The van der Waals surface area contributed by atoms with Gasteiger partial charge in [-0.3, -0.25) is 0 Å². The highest BCUT2D eigenvalue weighted by Gasteiger charge is 2.03. The molecule has 4 heteroatoms. The van der Waals surface area contributed by atoms with Gasteiger partial charge in [0.25, 0.3) is 0 Å². The fraction of sp³-hybridized carbons (Fsp3) is 0.0909. The number of anilines is 2. The maximum absolute atomic E-state index is 13.1. The van der Waals surface area contributed by atoms with E-state index in [-0.39, 0.29) is 5.69 Å². The first-order valence-electron chi connectivity index (χ1n) is 4.57. The van der Waals surface area contributed by atoms with Gasteiger partial charge in [-0.1, -0.05) is 6.07 Å². The molecule has 0 atom stereocenters. The monoisotopic (exact) mass is 206 g/mol. The van der Waals surface area contributed by atoms with Gasteiger partial charge in [-0.05, 0) is 24.3 Å². The number of rotatable bonds is 3. The number of nitrogens with one attached hydrogen (secondary N) is 1. The Balaban J connectivity index is 2.08. The van der Waals surface area contributed by atoms with Crippen molar-refractivity contribution < 1.29 is 8.81 Å². The Kier molecular flexibility index (Phi) is 2.58. The van der Waals surface area contributed by atoms with Crippen LogP contribution in [0.15, 0.2) is 41.0 Å². The molecule has 0 unspecified atom stereocenters. The van der Waals surface area contributed by atoms with Crippen molar-refractivity contribution in [2.45, 2.75) is 6.54 Å². The van der Waals surface area contributed by atoms with Crippen LogP contribution in [0.4, 0.5) is 15.8 Å². The summed E-state index contributed by atoms with van der Waals surface area (Å²) >= 11 is 0. The van der Waals surface area contributed by atoms with Gasteiger partial charge in [-0.25, -0.2) is 4.39 Å². The lowest BCUT2D eigenvalue weighted by Crippen LogP contribution is -2.03. The van der Waals surface area contributed by atoms with Gasteiger partial charge in [0.15, 0.2) is 0 Å². The molecule has 0 saturated carbocycles. The number of halogens is 1. The van der Waals surface area contributed by atoms with Crippen molar-refractivity contribution in [1.82, 2.24) is 0 Å². The third kappa shape index (κ3) is 2.10. The molecule has 0 aliphatic carbocycles. The van der Waals surface area contributed by atoms with E-state index < -0.39 is 5.82 Å². The van der Waals surface area contributed by atoms with Crippen molar-refractivity contribution in [2.24, 2.45) is 0 Å². The summed E-state index contributed by atoms with van der Waals surface area (Å²) in [6.07, 6.45) is 1.59. The lowest BCUT2D eigenvalue weighted by atomic mass is 10.2. The third-order valence-corrected chi connectivity index (χ3v) is 2.09. The maximum atomic E-state index is 13.1. The molecule has 3 nitrogen and oxygen atoms in total. The highest BCUT2D eigenvalue weighted by Crippen LogP contribution is 2.21. The summed E-state index contributed by atoms with van der Waals surface area (Å²) in [6.45, 7) is 0.487. The van der Waals surface area contributed by atoms with Gasteiger partial charge in [0.2, 0.25) is 0 Å². The molecule has 0 fully saturated rings. The van der Waals surface area contributed by atoms with E-state index in [9.17, 15) is 4.39 Å². The number of para-hydroxylation sites is 1. The minimum atomic E-state index is -0.417. The SMILES string of the molecule is Nc1c(F)cccc1NCc1ccco1. The second-order valence-electron chi connectivity index (χ2n) is 3.13. The summed E-state index contributed by atoms with van der Waals surface area (Å²) in [5.74, 6) is 0.359. The summed E-state index contributed by atoms with van der Waals surface area (Å²) in [5, 5.41) is 3.00. The Morgan fingerprint density at radius 1 is 1.27 bits per heavy atom. The molecule has 0 spiro atoms. The van der Waals surface area contributed by atoms with Gasteiger partial charge >= 0.3 is 0 Å². The molecule has 3 N–H and O–H groups in total. The molecule has 0 radical (unpaired) electrons. The zero-order chi connectivity index (χ0) is 10.7. The molecule has 0 saturated heterocycles. The predicted octanol–water partition coefficient (Wildman–Crippen LogP) is 2.61. The van der Waals surface area contributed by atoms with E-state index in [0.717, 1.165) is 5.76 Å². The zero-order valence-electron chi connectivity index (χ0n) is 8.03. The van der Waals surface area contributed by atoms with Crippen molar-refractivity contribution in [2.75, 3.05) is 11.1 Å². The smallest absolute Gasteiger partial charge is 0.148 e. The van der Waals surface area contributed by atoms with E-state index >= 15 is 0 Å². The van der Waals surface area contributed by atoms with Gasteiger partial charge in [0.05, 0.1) is 24.2 Å². The summed E-state index contributed by atoms with van der Waals surface area (Å²) in [7, 11) is 0. The average molecular weight is 206 g/mol. The third-order valence-electron chi connectivity index (χ3n) is 2.09. The molecule has 78 valence electrons. The van der Waals surface area contributed by atoms with Crippen molar-refractivity contribution in [3.8, 4) is 0 Å². The van der Waals surface area contributed by atoms with Crippen LogP contribution in [0.1, 0.15) is 5.76 Å². The number of nitrogen functional groups attached to an aromatic ring is 1. The number of furan rings is 1. The summed E-state index contributed by atoms with van der Waals surface area (Å²) < 4.78 is 18.2. The van der Waals surface area contributed by atoms with Crippen molar-refractivity contribution in [3.05, 3.63) is 48.2 Å². The highest BCUT2D eigenvalue weighted by atomic mass is 19.1. The van der Waals surface area contributed by atoms with Gasteiger partial charge in [-0.15, -0.1) is 0 Å². The molecule has 0 aliphatic heterocycles. The Morgan fingerprint density at radius 2 is 2.13 bits per heavy atom. The second kappa shape index (κ2) is 4.04. The Hall–Kier alpha value is -1.97. The van der Waals surface area contributed by atoms with Crippen LogP contribution in [0.5, 0.6) is 0 Å². The first kappa shape index (κ1) is 9.58. The van der Waals surface area contributed by atoms with Gasteiger partial charge in [0.1, 0.15) is 11.6 Å². The van der Waals surface area contributed by atoms with Crippen LogP contribution in [0.3, 0.4) is 0 Å². The standard InChI is InChI=1S/C11H11FN2O/c12-9-4-1-5-10(11(9)13)14-7-8-3-2-6-15-8/h1-6,14H,7,13H2. The quantitative estimate of drug-likeness (QED) is 0.759. The molecule has 0 amide bonds. The van der Waals surface area contributed by atoms with Crippen LogP contribution in [0.25, 0.3) is 0 Å². The lowest BCUT2D eigenvalue weighted by Gasteiger charge is -2.07. The molecular formula is C11H11FN2O. The van der Waals surface area contributed by atoms with E-state index in [1.807, 2.05) is 6.07 Å². The van der Waals surface area contributed by atoms with Crippen LogP contribution in [-0.4, -0.2) is 0 Å². The van der Waals surface area contributed by atoms with Crippen LogP contribution < -0.4 is 11.1 Å². The number of hydrogen-bond donors (Lipinski definition) is 2. The minimum absolute atomic E-state index is 0.129. The van der Waals surface area contributed by atoms with Crippen LogP contribution in [0.2, 0.25) is 0 Å². The fourth-order valence-electron chi connectivity index (χ4n) is 1.29. The number of nitrogens with two attached hydrogens (primary N) is 1. The molecule has 15 heavy (non-hydrogen) atoms. The van der Waals surface area contributed by atoms with Crippen LogP contribution >= 0.6 is 0 Å².